The average Bonchev–Trinajstić information content (AvgIpc) is 2.74. The highest BCUT2D eigenvalue weighted by Crippen LogP contribution is 2.25. The second-order valence-corrected chi connectivity index (χ2v) is 8.98. The van der Waals surface area contributed by atoms with E-state index in [1.165, 1.54) is 12.3 Å². The lowest BCUT2D eigenvalue weighted by Gasteiger charge is -2.18. The number of halogens is 1. The first-order valence-corrected chi connectivity index (χ1v) is 11.7. The Balaban J connectivity index is 1.91. The van der Waals surface area contributed by atoms with E-state index in [1.807, 2.05) is 37.3 Å². The number of esters is 1. The van der Waals surface area contributed by atoms with Gasteiger partial charge in [-0.2, -0.15) is 4.98 Å². The van der Waals surface area contributed by atoms with Crippen LogP contribution in [0, 0.1) is 5.82 Å². The van der Waals surface area contributed by atoms with E-state index in [0.29, 0.717) is 0 Å². The van der Waals surface area contributed by atoms with Gasteiger partial charge in [0.1, 0.15) is 22.1 Å². The van der Waals surface area contributed by atoms with Crippen LogP contribution in [-0.2, 0) is 14.6 Å². The molecule has 0 amide bonds. The number of rotatable bonds is 8. The molecule has 0 radical (unpaired) electrons. The van der Waals surface area contributed by atoms with Gasteiger partial charge in [0.15, 0.2) is 9.84 Å². The van der Waals surface area contributed by atoms with E-state index in [4.69, 9.17) is 4.74 Å². The molecule has 0 bridgehead atoms. The Labute approximate surface area is 185 Å². The van der Waals surface area contributed by atoms with Crippen molar-refractivity contribution in [2.45, 2.75) is 24.8 Å². The highest BCUT2D eigenvalue weighted by Gasteiger charge is 2.19. The van der Waals surface area contributed by atoms with Gasteiger partial charge < -0.3 is 15.4 Å². The third-order valence-corrected chi connectivity index (χ3v) is 5.65. The van der Waals surface area contributed by atoms with E-state index in [0.717, 1.165) is 24.0 Å². The molecule has 2 aromatic carbocycles. The summed E-state index contributed by atoms with van der Waals surface area (Å²) < 4.78 is 42.5. The number of carbonyl (C=O) groups is 1. The topological polar surface area (TPSA) is 110 Å². The molecule has 0 saturated carbocycles. The highest BCUT2D eigenvalue weighted by atomic mass is 32.2. The van der Waals surface area contributed by atoms with Gasteiger partial charge in [0.05, 0.1) is 6.61 Å². The fourth-order valence-electron chi connectivity index (χ4n) is 2.95. The van der Waals surface area contributed by atoms with Gasteiger partial charge in [-0.05, 0) is 37.6 Å². The van der Waals surface area contributed by atoms with Crippen LogP contribution in [0.25, 0.3) is 0 Å². The van der Waals surface area contributed by atoms with Crippen molar-refractivity contribution in [3.05, 3.63) is 71.7 Å². The van der Waals surface area contributed by atoms with Gasteiger partial charge in [-0.15, -0.1) is 0 Å². The summed E-state index contributed by atoms with van der Waals surface area (Å²) in [5, 5.41) is 6.01. The molecule has 0 aliphatic heterocycles. The molecule has 0 spiro atoms. The maximum Gasteiger partial charge on any atom is 0.343 e. The predicted octanol–water partition coefficient (Wildman–Crippen LogP) is 4.11. The fourth-order valence-corrected chi connectivity index (χ4v) is 3.68. The second-order valence-electron chi connectivity index (χ2n) is 7.00. The summed E-state index contributed by atoms with van der Waals surface area (Å²) in [6.07, 6.45) is 2.25. The Hall–Kier alpha value is -3.53. The molecule has 0 aliphatic rings. The monoisotopic (exact) mass is 458 g/mol. The Morgan fingerprint density at radius 2 is 1.91 bits per heavy atom. The van der Waals surface area contributed by atoms with Crippen LogP contribution in [0.3, 0.4) is 0 Å². The quantitative estimate of drug-likeness (QED) is 0.485. The van der Waals surface area contributed by atoms with Gasteiger partial charge in [-0.25, -0.2) is 22.6 Å². The molecule has 0 fully saturated rings. The summed E-state index contributed by atoms with van der Waals surface area (Å²) in [5.41, 5.74) is 1.38. The smallest absolute Gasteiger partial charge is 0.343 e. The van der Waals surface area contributed by atoms with Crippen molar-refractivity contribution in [1.82, 2.24) is 9.97 Å². The van der Waals surface area contributed by atoms with Crippen LogP contribution in [0.5, 0.6) is 0 Å². The number of benzene rings is 2. The lowest BCUT2D eigenvalue weighted by Crippen LogP contribution is -2.15. The standard InChI is InChI=1S/C22H23FN4O4S/c1-4-31-21(28)17-13-24-22(26-16-10-11-19(18(23)12-16)32(3,29)30)27-20(17)25-14(2)15-8-6-5-7-9-15/h5-14H,4H2,1-3H3,(H2,24,25,26,27)/t14-/m1/s1. The van der Waals surface area contributed by atoms with Gasteiger partial charge in [-0.3, -0.25) is 0 Å². The summed E-state index contributed by atoms with van der Waals surface area (Å²) in [6, 6.07) is 13.0. The van der Waals surface area contributed by atoms with E-state index in [-0.39, 0.29) is 35.7 Å². The average molecular weight is 459 g/mol. The lowest BCUT2D eigenvalue weighted by molar-refractivity contribution is 0.0526. The van der Waals surface area contributed by atoms with Crippen molar-refractivity contribution in [3.8, 4) is 0 Å². The SMILES string of the molecule is CCOC(=O)c1cnc(Nc2ccc(S(C)(=O)=O)c(F)c2)nc1N[C@H](C)c1ccccc1. The lowest BCUT2D eigenvalue weighted by atomic mass is 10.1. The van der Waals surface area contributed by atoms with E-state index >= 15 is 0 Å². The minimum atomic E-state index is -3.69. The van der Waals surface area contributed by atoms with Crippen LogP contribution in [0.2, 0.25) is 0 Å². The number of aromatic nitrogens is 2. The number of nitrogens with zero attached hydrogens (tertiary/aromatic N) is 2. The summed E-state index contributed by atoms with van der Waals surface area (Å²) in [6.45, 7) is 3.81. The van der Waals surface area contributed by atoms with Gasteiger partial charge in [0.2, 0.25) is 5.95 Å². The van der Waals surface area contributed by atoms with E-state index in [9.17, 15) is 17.6 Å². The Bertz CT molecular complexity index is 1220. The second kappa shape index (κ2) is 9.73. The van der Waals surface area contributed by atoms with Crippen LogP contribution in [0.1, 0.15) is 35.8 Å². The molecular formula is C22H23FN4O4S. The van der Waals surface area contributed by atoms with E-state index in [1.54, 1.807) is 6.92 Å². The maximum atomic E-state index is 14.2. The zero-order valence-electron chi connectivity index (χ0n) is 17.8. The Kier molecular flexibility index (Phi) is 7.04. The number of carbonyl (C=O) groups excluding carboxylic acids is 1. The van der Waals surface area contributed by atoms with Crippen molar-refractivity contribution >= 4 is 33.3 Å². The van der Waals surface area contributed by atoms with Gasteiger partial charge in [0.25, 0.3) is 0 Å². The first-order valence-electron chi connectivity index (χ1n) is 9.81. The normalized spacial score (nSPS) is 12.1. The Morgan fingerprint density at radius 1 is 1.19 bits per heavy atom. The summed E-state index contributed by atoms with van der Waals surface area (Å²) >= 11 is 0. The first-order chi connectivity index (χ1) is 15.2. The third kappa shape index (κ3) is 5.58. The number of anilines is 3. The van der Waals surface area contributed by atoms with Crippen LogP contribution >= 0.6 is 0 Å². The molecule has 0 aliphatic carbocycles. The predicted molar refractivity (Wildman–Crippen MR) is 119 cm³/mol. The molecule has 8 nitrogen and oxygen atoms in total. The molecule has 10 heteroatoms. The number of nitrogens with one attached hydrogen (secondary N) is 2. The molecule has 32 heavy (non-hydrogen) atoms. The minimum Gasteiger partial charge on any atom is -0.462 e. The van der Waals surface area contributed by atoms with Gasteiger partial charge >= 0.3 is 5.97 Å². The largest absolute Gasteiger partial charge is 0.462 e. The molecular weight excluding hydrogens is 435 g/mol. The zero-order valence-corrected chi connectivity index (χ0v) is 18.6. The molecule has 1 heterocycles. The van der Waals surface area contributed by atoms with E-state index < -0.39 is 26.5 Å². The van der Waals surface area contributed by atoms with E-state index in [2.05, 4.69) is 20.6 Å². The number of sulfone groups is 1. The van der Waals surface area contributed by atoms with Crippen molar-refractivity contribution in [3.63, 3.8) is 0 Å². The third-order valence-electron chi connectivity index (χ3n) is 4.52. The summed E-state index contributed by atoms with van der Waals surface area (Å²) in [7, 11) is -3.69. The molecule has 3 rings (SSSR count). The minimum absolute atomic E-state index is 0.0901. The molecule has 0 saturated heterocycles. The van der Waals surface area contributed by atoms with Crippen molar-refractivity contribution in [2.24, 2.45) is 0 Å². The molecule has 168 valence electrons. The number of ether oxygens (including phenoxy) is 1. The molecule has 3 aromatic rings. The number of hydrogen-bond acceptors (Lipinski definition) is 8. The van der Waals surface area contributed by atoms with Crippen LogP contribution in [0.15, 0.2) is 59.6 Å². The zero-order chi connectivity index (χ0) is 23.3. The molecule has 1 aromatic heterocycles. The molecule has 0 unspecified atom stereocenters. The van der Waals surface area contributed by atoms with Crippen LogP contribution in [0.4, 0.5) is 21.8 Å². The first kappa shape index (κ1) is 23.1. The van der Waals surface area contributed by atoms with Crippen molar-refractivity contribution in [2.75, 3.05) is 23.5 Å². The van der Waals surface area contributed by atoms with Crippen LogP contribution in [-0.4, -0.2) is 37.2 Å². The Morgan fingerprint density at radius 3 is 2.53 bits per heavy atom. The summed E-state index contributed by atoms with van der Waals surface area (Å²) in [5.74, 6) is -1.14. The fraction of sp³-hybridized carbons (Fsp3) is 0.227. The summed E-state index contributed by atoms with van der Waals surface area (Å²) in [4.78, 5) is 20.4. The van der Waals surface area contributed by atoms with Gasteiger partial charge in [0, 0.05) is 24.2 Å². The molecule has 2 N–H and O–H groups in total. The van der Waals surface area contributed by atoms with Crippen LogP contribution < -0.4 is 10.6 Å². The highest BCUT2D eigenvalue weighted by molar-refractivity contribution is 7.90. The number of hydrogen-bond donors (Lipinski definition) is 2. The van der Waals surface area contributed by atoms with Crippen molar-refractivity contribution < 1.29 is 22.3 Å². The van der Waals surface area contributed by atoms with Gasteiger partial charge in [-0.1, -0.05) is 30.3 Å². The maximum absolute atomic E-state index is 14.2. The molecule has 1 atom stereocenters. The van der Waals surface area contributed by atoms with Crippen molar-refractivity contribution in [1.29, 1.82) is 0 Å².